The van der Waals surface area contributed by atoms with Crippen LogP contribution in [0.4, 0.5) is 0 Å². The fourth-order valence-electron chi connectivity index (χ4n) is 5.88. The molecule has 0 aromatic carbocycles. The van der Waals surface area contributed by atoms with E-state index >= 15 is 0 Å². The lowest BCUT2D eigenvalue weighted by Gasteiger charge is -2.28. The summed E-state index contributed by atoms with van der Waals surface area (Å²) in [6.45, 7) is 4.01. The molecule has 0 aliphatic heterocycles. The Balaban J connectivity index is 4.02. The summed E-state index contributed by atoms with van der Waals surface area (Å²) >= 11 is 0. The van der Waals surface area contributed by atoms with Crippen molar-refractivity contribution in [2.24, 2.45) is 0 Å². The van der Waals surface area contributed by atoms with Crippen molar-refractivity contribution >= 4 is 19.8 Å². The highest BCUT2D eigenvalue weighted by atomic mass is 31.2. The van der Waals surface area contributed by atoms with Gasteiger partial charge in [0.15, 0.2) is 6.10 Å². The summed E-state index contributed by atoms with van der Waals surface area (Å²) in [6.07, 6.45) is 44.8. The Hall–Kier alpha value is -2.03. The van der Waals surface area contributed by atoms with Crippen LogP contribution in [0.2, 0.25) is 0 Å². The molecule has 9 nitrogen and oxygen atoms in total. The lowest BCUT2D eigenvalue weighted by molar-refractivity contribution is -0.870. The van der Waals surface area contributed by atoms with Crippen LogP contribution in [0.25, 0.3) is 0 Å². The lowest BCUT2D eigenvalue weighted by Crippen LogP contribution is -2.37. The molecule has 10 heteroatoms. The van der Waals surface area contributed by atoms with E-state index in [0.717, 1.165) is 77.0 Å². The third-order valence-electron chi connectivity index (χ3n) is 9.36. The number of carbonyl (C=O) groups is 2. The molecule has 0 fully saturated rings. The van der Waals surface area contributed by atoms with Gasteiger partial charge in [-0.05, 0) is 51.4 Å². The van der Waals surface area contributed by atoms with E-state index in [0.29, 0.717) is 17.4 Å². The van der Waals surface area contributed by atoms with E-state index in [2.05, 4.69) is 62.5 Å². The summed E-state index contributed by atoms with van der Waals surface area (Å²) in [5.74, 6) is -0.849. The number of ether oxygens (including phenoxy) is 2. The van der Waals surface area contributed by atoms with Crippen molar-refractivity contribution in [1.29, 1.82) is 0 Å². The van der Waals surface area contributed by atoms with Gasteiger partial charge in [0.25, 0.3) is 7.82 Å². The van der Waals surface area contributed by atoms with Gasteiger partial charge in [-0.2, -0.15) is 0 Å². The van der Waals surface area contributed by atoms with Gasteiger partial charge in [0.2, 0.25) is 0 Å². The molecule has 0 radical (unpaired) electrons. The Morgan fingerprint density at radius 1 is 0.571 bits per heavy atom. The number of esters is 2. The van der Waals surface area contributed by atoms with Crippen LogP contribution in [0, 0.1) is 0 Å². The van der Waals surface area contributed by atoms with Gasteiger partial charge < -0.3 is 27.9 Å². The van der Waals surface area contributed by atoms with Crippen molar-refractivity contribution in [3.63, 3.8) is 0 Å². The Morgan fingerprint density at radius 3 is 1.52 bits per heavy atom. The Labute approximate surface area is 343 Å². The topological polar surface area (TPSA) is 111 Å². The van der Waals surface area contributed by atoms with Crippen LogP contribution in [-0.4, -0.2) is 70.0 Å². The zero-order valence-corrected chi connectivity index (χ0v) is 37.5. The van der Waals surface area contributed by atoms with Crippen LogP contribution in [0.5, 0.6) is 0 Å². The zero-order chi connectivity index (χ0) is 41.4. The number of rotatable bonds is 40. The normalized spacial score (nSPS) is 14.0. The van der Waals surface area contributed by atoms with Crippen LogP contribution in [0.1, 0.15) is 181 Å². The maximum absolute atomic E-state index is 12.6. The number of nitrogens with zero attached hydrogens (tertiary/aromatic N) is 1. The number of unbranched alkanes of at least 4 members (excludes halogenated alkanes) is 18. The molecule has 0 aromatic rings. The number of phosphoric ester groups is 1. The summed E-state index contributed by atoms with van der Waals surface area (Å²) in [6, 6.07) is 0. The molecule has 0 amide bonds. The molecule has 0 saturated carbocycles. The molecule has 56 heavy (non-hydrogen) atoms. The smallest absolute Gasteiger partial charge is 0.306 e. The average Bonchev–Trinajstić information content (AvgIpc) is 3.15. The monoisotopic (exact) mass is 810 g/mol. The largest absolute Gasteiger partial charge is 0.756 e. The number of likely N-dealkylation sites (N-methyl/N-ethyl adjacent to an activating group) is 1. The fraction of sp³-hybridized carbons (Fsp3) is 0.783. The SMILES string of the molecule is CC/C=C\C/C=C\C/C=C\C/C=C\CCCCCCCCCCCCCCCCC(=O)OC(COC(=O)CCCCCCC)COP(=O)([O-])OCC[N+](C)(C)C. The van der Waals surface area contributed by atoms with Crippen molar-refractivity contribution < 1.29 is 42.1 Å². The van der Waals surface area contributed by atoms with Crippen LogP contribution < -0.4 is 4.89 Å². The third kappa shape index (κ3) is 41.6. The third-order valence-corrected chi connectivity index (χ3v) is 10.3. The minimum Gasteiger partial charge on any atom is -0.756 e. The van der Waals surface area contributed by atoms with E-state index in [1.165, 1.54) is 70.6 Å². The number of hydrogen-bond donors (Lipinski definition) is 0. The number of phosphoric acid groups is 1. The number of quaternary nitrogens is 1. The molecule has 2 unspecified atom stereocenters. The van der Waals surface area contributed by atoms with Crippen molar-refractivity contribution in [3.05, 3.63) is 48.6 Å². The molecule has 0 bridgehead atoms. The molecule has 0 aliphatic rings. The molecule has 0 rings (SSSR count). The van der Waals surface area contributed by atoms with Crippen LogP contribution >= 0.6 is 7.82 Å². The van der Waals surface area contributed by atoms with E-state index in [1.807, 2.05) is 21.1 Å². The van der Waals surface area contributed by atoms with Gasteiger partial charge >= 0.3 is 11.9 Å². The molecule has 0 heterocycles. The highest BCUT2D eigenvalue weighted by Gasteiger charge is 2.21. The molecule has 2 atom stereocenters. The predicted octanol–water partition coefficient (Wildman–Crippen LogP) is 12.1. The van der Waals surface area contributed by atoms with Gasteiger partial charge in [-0.1, -0.05) is 165 Å². The maximum Gasteiger partial charge on any atom is 0.306 e. The van der Waals surface area contributed by atoms with E-state index in [9.17, 15) is 19.0 Å². The zero-order valence-electron chi connectivity index (χ0n) is 36.6. The first-order valence-corrected chi connectivity index (χ1v) is 23.8. The van der Waals surface area contributed by atoms with Gasteiger partial charge in [-0.15, -0.1) is 0 Å². The molecular weight excluding hydrogens is 725 g/mol. The molecule has 0 spiro atoms. The summed E-state index contributed by atoms with van der Waals surface area (Å²) in [7, 11) is 1.16. The lowest BCUT2D eigenvalue weighted by atomic mass is 10.0. The molecular formula is C46H84NO8P. The molecule has 326 valence electrons. The van der Waals surface area contributed by atoms with Crippen LogP contribution in [0.3, 0.4) is 0 Å². The summed E-state index contributed by atoms with van der Waals surface area (Å²) in [4.78, 5) is 37.2. The van der Waals surface area contributed by atoms with Crippen LogP contribution in [0.15, 0.2) is 48.6 Å². The molecule has 0 N–H and O–H groups in total. The Morgan fingerprint density at radius 2 is 1.02 bits per heavy atom. The first-order chi connectivity index (χ1) is 27.0. The second-order valence-electron chi connectivity index (χ2n) is 16.0. The number of allylic oxidation sites excluding steroid dienone is 8. The van der Waals surface area contributed by atoms with Gasteiger partial charge in [0, 0.05) is 12.8 Å². The Kier molecular flexibility index (Phi) is 37.1. The predicted molar refractivity (Wildman–Crippen MR) is 231 cm³/mol. The first-order valence-electron chi connectivity index (χ1n) is 22.3. The minimum atomic E-state index is -4.61. The van der Waals surface area contributed by atoms with Crippen molar-refractivity contribution in [1.82, 2.24) is 0 Å². The van der Waals surface area contributed by atoms with Gasteiger partial charge in [0.05, 0.1) is 27.7 Å². The molecule has 0 aliphatic carbocycles. The van der Waals surface area contributed by atoms with Gasteiger partial charge in [0.1, 0.15) is 19.8 Å². The molecule has 0 aromatic heterocycles. The van der Waals surface area contributed by atoms with Crippen molar-refractivity contribution in [2.75, 3.05) is 47.5 Å². The van der Waals surface area contributed by atoms with E-state index < -0.39 is 32.5 Å². The highest BCUT2D eigenvalue weighted by Crippen LogP contribution is 2.38. The summed E-state index contributed by atoms with van der Waals surface area (Å²) in [5.41, 5.74) is 0. The quantitative estimate of drug-likeness (QED) is 0.0198. The maximum atomic E-state index is 12.6. The van der Waals surface area contributed by atoms with Crippen molar-refractivity contribution in [3.8, 4) is 0 Å². The Bertz CT molecular complexity index is 1100. The fourth-order valence-corrected chi connectivity index (χ4v) is 6.61. The van der Waals surface area contributed by atoms with E-state index in [4.69, 9.17) is 18.5 Å². The van der Waals surface area contributed by atoms with E-state index in [1.54, 1.807) is 0 Å². The minimum absolute atomic E-state index is 0.0310. The van der Waals surface area contributed by atoms with Gasteiger partial charge in [-0.3, -0.25) is 14.2 Å². The van der Waals surface area contributed by atoms with E-state index in [-0.39, 0.29) is 26.1 Å². The second kappa shape index (κ2) is 38.5. The number of hydrogen-bond acceptors (Lipinski definition) is 8. The summed E-state index contributed by atoms with van der Waals surface area (Å²) < 4.78 is 33.7. The first kappa shape index (κ1) is 54.0. The van der Waals surface area contributed by atoms with Gasteiger partial charge in [-0.25, -0.2) is 0 Å². The average molecular weight is 810 g/mol. The highest BCUT2D eigenvalue weighted by molar-refractivity contribution is 7.45. The van der Waals surface area contributed by atoms with Crippen LogP contribution in [-0.2, 0) is 32.7 Å². The standard InChI is InChI=1S/C46H84NO8P/c1-6-8-10-12-13-14-15-16-17-18-19-20-21-22-23-24-25-26-27-28-29-30-31-32-33-35-37-39-46(49)55-44(42-52-45(48)38-36-34-11-9-7-2)43-54-56(50,51)53-41-40-47(3,4)5/h8,10,13-14,16-17,19-20,44H,6-7,9,11-12,15,18,21-43H2,1-5H3/b10-8-,14-13-,17-16-,20-19-. The summed E-state index contributed by atoms with van der Waals surface area (Å²) in [5, 5.41) is 0. The second-order valence-corrected chi connectivity index (χ2v) is 17.4. The van der Waals surface area contributed by atoms with Crippen molar-refractivity contribution in [2.45, 2.75) is 187 Å². The number of carbonyl (C=O) groups excluding carboxylic acids is 2. The molecule has 0 saturated heterocycles.